The molecule has 0 fully saturated rings. The van der Waals surface area contributed by atoms with Crippen LogP contribution in [0.5, 0.6) is 0 Å². The minimum atomic E-state index is -1.36. The van der Waals surface area contributed by atoms with Crippen LogP contribution in [0.15, 0.2) is 72.9 Å². The molecule has 0 saturated carbocycles. The Morgan fingerprint density at radius 3 is 1.45 bits per heavy atom. The summed E-state index contributed by atoms with van der Waals surface area (Å²) in [6.07, 6.45) is 35.9. The van der Waals surface area contributed by atoms with Crippen LogP contribution in [-0.4, -0.2) is 54.9 Å². The Bertz CT molecular complexity index is 1220. The topological polar surface area (TPSA) is 139 Å². The van der Waals surface area contributed by atoms with Crippen LogP contribution < -0.4 is 0 Å². The highest BCUT2D eigenvalue weighted by atomic mass is 16.6. The van der Waals surface area contributed by atoms with Crippen LogP contribution in [0.1, 0.15) is 143 Å². The van der Waals surface area contributed by atoms with Crippen molar-refractivity contribution in [2.24, 2.45) is 0 Å². The molecular weight excluding hydrogens is 676 g/mol. The third-order valence-corrected chi connectivity index (χ3v) is 7.47. The molecule has 10 heteroatoms. The molecule has 0 aliphatic heterocycles. The number of carbonyl (C=O) groups is 6. The van der Waals surface area contributed by atoms with Gasteiger partial charge in [0.05, 0.1) is 0 Å². The summed E-state index contributed by atoms with van der Waals surface area (Å²) in [6, 6.07) is 0. The van der Waals surface area contributed by atoms with Crippen LogP contribution in [0.25, 0.3) is 0 Å². The van der Waals surface area contributed by atoms with Gasteiger partial charge in [0.2, 0.25) is 0 Å². The number of unbranched alkanes of at least 4 members (excludes halogenated alkanes) is 6. The fourth-order valence-corrected chi connectivity index (χ4v) is 4.52. The smallest absolute Gasteiger partial charge is 0.375 e. The van der Waals surface area contributed by atoms with E-state index in [0.29, 0.717) is 25.7 Å². The third kappa shape index (κ3) is 33.3. The fraction of sp³-hybridized carbons (Fsp3) is 0.581. The molecule has 0 radical (unpaired) electrons. The van der Waals surface area contributed by atoms with Crippen LogP contribution in [0.3, 0.4) is 0 Å². The molecule has 296 valence electrons. The lowest BCUT2D eigenvalue weighted by atomic mass is 10.1. The average molecular weight is 741 g/mol. The zero-order valence-corrected chi connectivity index (χ0v) is 32.4. The average Bonchev–Trinajstić information content (AvgIpc) is 3.13. The monoisotopic (exact) mass is 740 g/mol. The summed E-state index contributed by atoms with van der Waals surface area (Å²) < 4.78 is 20.2. The van der Waals surface area contributed by atoms with E-state index in [-0.39, 0.29) is 25.9 Å². The number of ketones is 1. The number of carbonyl (C=O) groups excluding carboxylic acids is 6. The van der Waals surface area contributed by atoms with Crippen LogP contribution in [0.2, 0.25) is 0 Å². The van der Waals surface area contributed by atoms with E-state index in [1.165, 1.54) is 0 Å². The lowest BCUT2D eigenvalue weighted by Crippen LogP contribution is -2.32. The van der Waals surface area contributed by atoms with E-state index < -0.39 is 54.8 Å². The van der Waals surface area contributed by atoms with E-state index in [1.807, 2.05) is 19.1 Å². The van der Waals surface area contributed by atoms with Gasteiger partial charge in [0.25, 0.3) is 5.78 Å². The van der Waals surface area contributed by atoms with Crippen molar-refractivity contribution in [3.05, 3.63) is 72.9 Å². The standard InChI is InChI=1S/C43H64O10/c1-4-7-10-13-14-15-16-17-18-19-20-21-22-23-24-25-26-27-30-33-41(47)53-42(48)34-38(44)43(49)51-36-37(52-40(46)32-29-12-9-6-3)35-50-39(45)31-28-11-8-5-2/h7,10,14-15,17-18,20-21,23-24,26-27,37H,4-6,8-9,11-13,16,19,22,25,28-36H2,1-3H3/b10-7-,15-14-,18-17-,21-20-,24-23-,27-26-. The zero-order chi connectivity index (χ0) is 39.2. The molecule has 0 spiro atoms. The van der Waals surface area contributed by atoms with Gasteiger partial charge in [0, 0.05) is 19.3 Å². The van der Waals surface area contributed by atoms with Crippen molar-refractivity contribution in [2.45, 2.75) is 149 Å². The molecule has 0 aromatic rings. The number of allylic oxidation sites excluding steroid dienone is 12. The summed E-state index contributed by atoms with van der Waals surface area (Å²) in [5, 5.41) is 0. The predicted molar refractivity (Wildman–Crippen MR) is 207 cm³/mol. The van der Waals surface area contributed by atoms with Crippen molar-refractivity contribution >= 4 is 35.6 Å². The van der Waals surface area contributed by atoms with Gasteiger partial charge in [-0.15, -0.1) is 0 Å². The Kier molecular flexibility index (Phi) is 33.1. The first kappa shape index (κ1) is 48.7. The van der Waals surface area contributed by atoms with Gasteiger partial charge >= 0.3 is 29.8 Å². The number of hydrogen-bond donors (Lipinski definition) is 0. The van der Waals surface area contributed by atoms with Crippen molar-refractivity contribution in [1.29, 1.82) is 0 Å². The van der Waals surface area contributed by atoms with Crippen LogP contribution in [0.4, 0.5) is 0 Å². The highest BCUT2D eigenvalue weighted by Gasteiger charge is 2.25. The Morgan fingerprint density at radius 1 is 0.472 bits per heavy atom. The summed E-state index contributed by atoms with van der Waals surface area (Å²) in [5.74, 6) is -5.59. The van der Waals surface area contributed by atoms with Gasteiger partial charge in [-0.3, -0.25) is 24.0 Å². The van der Waals surface area contributed by atoms with Crippen molar-refractivity contribution in [2.75, 3.05) is 13.2 Å². The maximum absolute atomic E-state index is 12.3. The molecular formula is C43H64O10. The van der Waals surface area contributed by atoms with E-state index in [2.05, 4.69) is 73.3 Å². The van der Waals surface area contributed by atoms with Crippen molar-refractivity contribution < 1.29 is 47.7 Å². The lowest BCUT2D eigenvalue weighted by molar-refractivity contribution is -0.169. The lowest BCUT2D eigenvalue weighted by Gasteiger charge is -2.18. The molecule has 0 heterocycles. The van der Waals surface area contributed by atoms with Gasteiger partial charge < -0.3 is 18.9 Å². The first-order valence-electron chi connectivity index (χ1n) is 19.4. The molecule has 10 nitrogen and oxygen atoms in total. The van der Waals surface area contributed by atoms with Crippen molar-refractivity contribution in [3.8, 4) is 0 Å². The Balaban J connectivity index is 4.41. The Hall–Kier alpha value is -4.34. The van der Waals surface area contributed by atoms with Gasteiger partial charge in [-0.05, 0) is 57.8 Å². The number of esters is 5. The molecule has 0 aromatic heterocycles. The normalized spacial score (nSPS) is 12.4. The number of rotatable bonds is 32. The molecule has 1 atom stereocenters. The quantitative estimate of drug-likeness (QED) is 0.0164. The molecule has 0 saturated heterocycles. The van der Waals surface area contributed by atoms with E-state index >= 15 is 0 Å². The number of hydrogen-bond acceptors (Lipinski definition) is 10. The van der Waals surface area contributed by atoms with Crippen molar-refractivity contribution in [1.82, 2.24) is 0 Å². The molecule has 0 aliphatic carbocycles. The van der Waals surface area contributed by atoms with Gasteiger partial charge in [-0.25, -0.2) is 4.79 Å². The summed E-state index contributed by atoms with van der Waals surface area (Å²) in [4.78, 5) is 73.0. The molecule has 0 rings (SSSR count). The first-order valence-corrected chi connectivity index (χ1v) is 19.4. The van der Waals surface area contributed by atoms with E-state index in [0.717, 1.165) is 70.6 Å². The predicted octanol–water partition coefficient (Wildman–Crippen LogP) is 9.43. The fourth-order valence-electron chi connectivity index (χ4n) is 4.52. The Labute approximate surface area is 317 Å². The first-order chi connectivity index (χ1) is 25.7. The second kappa shape index (κ2) is 36.0. The van der Waals surface area contributed by atoms with E-state index in [9.17, 15) is 28.8 Å². The number of ether oxygens (including phenoxy) is 4. The summed E-state index contributed by atoms with van der Waals surface area (Å²) >= 11 is 0. The summed E-state index contributed by atoms with van der Waals surface area (Å²) in [5.41, 5.74) is 0. The summed E-state index contributed by atoms with van der Waals surface area (Å²) in [6.45, 7) is 5.34. The van der Waals surface area contributed by atoms with Gasteiger partial charge in [0.15, 0.2) is 6.10 Å². The molecule has 1 unspecified atom stereocenters. The molecule has 0 N–H and O–H groups in total. The SMILES string of the molecule is CC/C=C\C/C=C\C/C=C\C/C=C\C/C=C\C/C=C\CCC(=O)OC(=O)CC(=O)C(=O)OCC(COC(=O)CCCCCC)OC(=O)CCCCCC. The van der Waals surface area contributed by atoms with Gasteiger partial charge in [-0.1, -0.05) is 132 Å². The van der Waals surface area contributed by atoms with Crippen LogP contribution in [-0.2, 0) is 47.7 Å². The molecule has 0 aromatic carbocycles. The minimum absolute atomic E-state index is 0.0740. The molecule has 53 heavy (non-hydrogen) atoms. The van der Waals surface area contributed by atoms with E-state index in [1.54, 1.807) is 6.08 Å². The highest BCUT2D eigenvalue weighted by Crippen LogP contribution is 2.09. The minimum Gasteiger partial charge on any atom is -0.462 e. The van der Waals surface area contributed by atoms with Gasteiger partial charge in [0.1, 0.15) is 19.6 Å². The zero-order valence-electron chi connectivity index (χ0n) is 32.4. The molecule has 0 bridgehead atoms. The number of Topliss-reactive ketones (excluding diaryl/α,β-unsaturated/α-hetero) is 1. The van der Waals surface area contributed by atoms with Crippen LogP contribution in [0, 0.1) is 0 Å². The second-order valence-electron chi connectivity index (χ2n) is 12.4. The van der Waals surface area contributed by atoms with Crippen LogP contribution >= 0.6 is 0 Å². The molecule has 0 aliphatic rings. The highest BCUT2D eigenvalue weighted by molar-refractivity contribution is 6.36. The van der Waals surface area contributed by atoms with Crippen molar-refractivity contribution in [3.63, 3.8) is 0 Å². The molecule has 0 amide bonds. The van der Waals surface area contributed by atoms with Gasteiger partial charge in [-0.2, -0.15) is 0 Å². The maximum atomic E-state index is 12.3. The van der Waals surface area contributed by atoms with E-state index in [4.69, 9.17) is 14.2 Å². The second-order valence-corrected chi connectivity index (χ2v) is 12.4. The Morgan fingerprint density at radius 2 is 0.943 bits per heavy atom. The maximum Gasteiger partial charge on any atom is 0.375 e. The largest absolute Gasteiger partial charge is 0.462 e. The third-order valence-electron chi connectivity index (χ3n) is 7.47. The summed E-state index contributed by atoms with van der Waals surface area (Å²) in [7, 11) is 0.